The van der Waals surface area contributed by atoms with Crippen molar-refractivity contribution in [2.24, 2.45) is 0 Å². The number of rotatable bonds is 10. The molecule has 0 saturated heterocycles. The normalized spacial score (nSPS) is 13.5. The first-order chi connectivity index (χ1) is 16.1. The van der Waals surface area contributed by atoms with Gasteiger partial charge in [0.25, 0.3) is 5.92 Å². The zero-order valence-electron chi connectivity index (χ0n) is 19.1. The number of ether oxygens (including phenoxy) is 1. The Hall–Kier alpha value is -3.49. The number of hydrogen-bond donors (Lipinski definition) is 2. The lowest BCUT2D eigenvalue weighted by Gasteiger charge is -2.27. The number of alkyl carbamates (subject to hydrolysis) is 1. The van der Waals surface area contributed by atoms with E-state index in [9.17, 15) is 23.2 Å². The molecule has 2 aromatic rings. The van der Waals surface area contributed by atoms with E-state index in [2.05, 4.69) is 5.32 Å². The molecule has 0 heterocycles. The summed E-state index contributed by atoms with van der Waals surface area (Å²) in [5.41, 5.74) is 4.13. The Balaban J connectivity index is 1.68. The van der Waals surface area contributed by atoms with Crippen LogP contribution in [0.25, 0.3) is 11.1 Å². The number of benzene rings is 2. The first kappa shape index (κ1) is 25.1. The number of carbonyl (C=O) groups excluding carboxylic acids is 2. The molecule has 0 bridgehead atoms. The molecule has 0 spiro atoms. The summed E-state index contributed by atoms with van der Waals surface area (Å²) in [4.78, 5) is 37.1. The van der Waals surface area contributed by atoms with Gasteiger partial charge in [-0.3, -0.25) is 9.59 Å². The molecule has 182 valence electrons. The zero-order valence-corrected chi connectivity index (χ0v) is 19.1. The van der Waals surface area contributed by atoms with Crippen LogP contribution in [0.4, 0.5) is 13.6 Å². The third-order valence-corrected chi connectivity index (χ3v) is 5.94. The number of likely N-dealkylation sites (N-methyl/N-ethyl adjacent to an activating group) is 1. The van der Waals surface area contributed by atoms with Gasteiger partial charge in [-0.15, -0.1) is 0 Å². The molecule has 1 unspecified atom stereocenters. The fourth-order valence-corrected chi connectivity index (χ4v) is 4.11. The second-order valence-electron chi connectivity index (χ2n) is 8.36. The van der Waals surface area contributed by atoms with E-state index in [4.69, 9.17) is 9.84 Å². The summed E-state index contributed by atoms with van der Waals surface area (Å²) < 4.78 is 32.9. The minimum Gasteiger partial charge on any atom is -0.481 e. The summed E-state index contributed by atoms with van der Waals surface area (Å²) in [6, 6.07) is 14.3. The number of halogens is 2. The van der Waals surface area contributed by atoms with Crippen LogP contribution in [0.2, 0.25) is 0 Å². The molecule has 3 rings (SSSR count). The molecule has 2 N–H and O–H groups in total. The van der Waals surface area contributed by atoms with Crippen LogP contribution < -0.4 is 5.32 Å². The molecular weight excluding hydrogens is 446 g/mol. The number of fused-ring (bicyclic) bond motifs is 3. The molecule has 7 nitrogen and oxygen atoms in total. The molecule has 1 atom stereocenters. The number of nitrogens with one attached hydrogen (secondary N) is 1. The Kier molecular flexibility index (Phi) is 7.86. The highest BCUT2D eigenvalue weighted by Gasteiger charge is 2.34. The molecule has 0 radical (unpaired) electrons. The number of aliphatic carboxylic acids is 1. The molecule has 2 aromatic carbocycles. The quantitative estimate of drug-likeness (QED) is 0.536. The zero-order chi connectivity index (χ0) is 24.9. The molecule has 0 fully saturated rings. The van der Waals surface area contributed by atoms with E-state index in [1.54, 1.807) is 0 Å². The largest absolute Gasteiger partial charge is 0.481 e. The number of carboxylic acids is 1. The van der Waals surface area contributed by atoms with Crippen molar-refractivity contribution < 1.29 is 33.0 Å². The van der Waals surface area contributed by atoms with Crippen molar-refractivity contribution in [3.63, 3.8) is 0 Å². The summed E-state index contributed by atoms with van der Waals surface area (Å²) in [6.07, 6.45) is -2.04. The Morgan fingerprint density at radius 3 is 2.18 bits per heavy atom. The topological polar surface area (TPSA) is 95.9 Å². The number of carboxylic acid groups (broad SMARTS) is 1. The Labute approximate surface area is 196 Å². The van der Waals surface area contributed by atoms with Crippen molar-refractivity contribution in [1.29, 1.82) is 0 Å². The average Bonchev–Trinajstić information content (AvgIpc) is 3.13. The Bertz CT molecular complexity index is 1010. The molecule has 2 amide bonds. The van der Waals surface area contributed by atoms with E-state index in [-0.39, 0.29) is 18.9 Å². The van der Waals surface area contributed by atoms with Crippen LogP contribution in [-0.4, -0.2) is 60.1 Å². The number of alkyl halides is 2. The fourth-order valence-electron chi connectivity index (χ4n) is 4.11. The van der Waals surface area contributed by atoms with Gasteiger partial charge in [0.05, 0.1) is 6.54 Å². The summed E-state index contributed by atoms with van der Waals surface area (Å²) in [7, 11) is 1.19. The standard InChI is InChI=1S/C25H28F2N2O5/c1-3-25(26,27)15-29(2)23(32)21(12-13-22(30)31)28-24(33)34-14-20-18-10-6-4-8-16(18)17-9-5-7-11-19(17)20/h4-11,20-21H,3,12-15H2,1-2H3,(H,28,33)(H,30,31). The van der Waals surface area contributed by atoms with Crippen LogP contribution in [0.5, 0.6) is 0 Å². The van der Waals surface area contributed by atoms with E-state index in [1.807, 2.05) is 48.5 Å². The molecule has 0 aromatic heterocycles. The van der Waals surface area contributed by atoms with Gasteiger partial charge in [0.2, 0.25) is 5.91 Å². The lowest BCUT2D eigenvalue weighted by atomic mass is 9.98. The van der Waals surface area contributed by atoms with Crippen LogP contribution in [-0.2, 0) is 14.3 Å². The molecular formula is C25H28F2N2O5. The Morgan fingerprint density at radius 1 is 1.09 bits per heavy atom. The van der Waals surface area contributed by atoms with Crippen molar-refractivity contribution in [2.75, 3.05) is 20.2 Å². The molecule has 9 heteroatoms. The van der Waals surface area contributed by atoms with Gasteiger partial charge in [-0.2, -0.15) is 0 Å². The molecule has 1 aliphatic carbocycles. The lowest BCUT2D eigenvalue weighted by molar-refractivity contribution is -0.139. The summed E-state index contributed by atoms with van der Waals surface area (Å²) >= 11 is 0. The minimum absolute atomic E-state index is 0.00342. The van der Waals surface area contributed by atoms with Gasteiger partial charge in [0, 0.05) is 25.8 Å². The second-order valence-corrected chi connectivity index (χ2v) is 8.36. The maximum absolute atomic E-state index is 13.7. The summed E-state index contributed by atoms with van der Waals surface area (Å²) in [5.74, 6) is -5.26. The van der Waals surface area contributed by atoms with Crippen molar-refractivity contribution in [3.05, 3.63) is 59.7 Å². The van der Waals surface area contributed by atoms with Crippen molar-refractivity contribution >= 4 is 18.0 Å². The third kappa shape index (κ3) is 5.89. The van der Waals surface area contributed by atoms with Gasteiger partial charge >= 0.3 is 12.1 Å². The van der Waals surface area contributed by atoms with E-state index < -0.39 is 49.3 Å². The molecule has 1 aliphatic rings. The maximum atomic E-state index is 13.7. The predicted molar refractivity (Wildman–Crippen MR) is 122 cm³/mol. The number of nitrogens with zero attached hydrogens (tertiary/aromatic N) is 1. The number of amides is 2. The SMILES string of the molecule is CCC(F)(F)CN(C)C(=O)C(CCC(=O)O)NC(=O)OCC1c2ccccc2-c2ccccc21. The minimum atomic E-state index is -3.09. The van der Waals surface area contributed by atoms with Crippen LogP contribution in [0, 0.1) is 0 Å². The second kappa shape index (κ2) is 10.6. The Morgan fingerprint density at radius 2 is 1.65 bits per heavy atom. The fraction of sp³-hybridized carbons (Fsp3) is 0.400. The van der Waals surface area contributed by atoms with Gasteiger partial charge < -0.3 is 20.1 Å². The van der Waals surface area contributed by atoms with Crippen LogP contribution in [0.15, 0.2) is 48.5 Å². The molecule has 0 aliphatic heterocycles. The predicted octanol–water partition coefficient (Wildman–Crippen LogP) is 4.26. The van der Waals surface area contributed by atoms with Gasteiger partial charge in [0.15, 0.2) is 0 Å². The van der Waals surface area contributed by atoms with Crippen LogP contribution in [0.3, 0.4) is 0 Å². The van der Waals surface area contributed by atoms with Crippen molar-refractivity contribution in [1.82, 2.24) is 10.2 Å². The summed E-state index contributed by atoms with van der Waals surface area (Å²) in [5, 5.41) is 11.4. The van der Waals surface area contributed by atoms with E-state index in [1.165, 1.54) is 14.0 Å². The van der Waals surface area contributed by atoms with E-state index in [0.717, 1.165) is 27.2 Å². The highest BCUT2D eigenvalue weighted by molar-refractivity contribution is 5.86. The monoisotopic (exact) mass is 474 g/mol. The van der Waals surface area contributed by atoms with Crippen LogP contribution in [0.1, 0.15) is 43.2 Å². The first-order valence-corrected chi connectivity index (χ1v) is 11.1. The smallest absolute Gasteiger partial charge is 0.407 e. The molecule has 0 saturated carbocycles. The molecule has 34 heavy (non-hydrogen) atoms. The third-order valence-electron chi connectivity index (χ3n) is 5.94. The lowest BCUT2D eigenvalue weighted by Crippen LogP contribution is -2.50. The van der Waals surface area contributed by atoms with Gasteiger partial charge in [-0.05, 0) is 28.7 Å². The van der Waals surface area contributed by atoms with Crippen molar-refractivity contribution in [3.8, 4) is 11.1 Å². The summed E-state index contributed by atoms with van der Waals surface area (Å²) in [6.45, 7) is 0.469. The number of carbonyl (C=O) groups is 3. The average molecular weight is 475 g/mol. The van der Waals surface area contributed by atoms with Crippen LogP contribution >= 0.6 is 0 Å². The van der Waals surface area contributed by atoms with Gasteiger partial charge in [-0.1, -0.05) is 55.5 Å². The van der Waals surface area contributed by atoms with Crippen molar-refractivity contribution in [2.45, 2.75) is 44.1 Å². The number of hydrogen-bond acceptors (Lipinski definition) is 4. The van der Waals surface area contributed by atoms with Gasteiger partial charge in [0.1, 0.15) is 12.6 Å². The highest BCUT2D eigenvalue weighted by Crippen LogP contribution is 2.44. The van der Waals surface area contributed by atoms with Gasteiger partial charge in [-0.25, -0.2) is 13.6 Å². The first-order valence-electron chi connectivity index (χ1n) is 11.1. The van der Waals surface area contributed by atoms with E-state index >= 15 is 0 Å². The van der Waals surface area contributed by atoms with E-state index in [0.29, 0.717) is 0 Å². The highest BCUT2D eigenvalue weighted by atomic mass is 19.3. The maximum Gasteiger partial charge on any atom is 0.407 e.